The van der Waals surface area contributed by atoms with Gasteiger partial charge in [-0.05, 0) is 24.8 Å². The molecule has 0 spiro atoms. The Kier molecular flexibility index (Phi) is 8.09. The van der Waals surface area contributed by atoms with E-state index in [2.05, 4.69) is 24.3 Å². The number of hydrogen-bond donors (Lipinski definition) is 2. The van der Waals surface area contributed by atoms with E-state index in [1.54, 1.807) is 21.3 Å². The van der Waals surface area contributed by atoms with Gasteiger partial charge in [0.15, 0.2) is 0 Å². The molecule has 1 atom stereocenters. The number of nitrogens with two attached hydrogens (primary N) is 2. The molecule has 1 unspecified atom stereocenters. The third-order valence-electron chi connectivity index (χ3n) is 3.73. The summed E-state index contributed by atoms with van der Waals surface area (Å²) >= 11 is 0. The Hall–Kier alpha value is -0.763. The van der Waals surface area contributed by atoms with E-state index in [0.717, 1.165) is 25.7 Å². The zero-order valence-corrected chi connectivity index (χ0v) is 14.2. The van der Waals surface area contributed by atoms with E-state index in [4.69, 9.17) is 24.7 Å². The van der Waals surface area contributed by atoms with Gasteiger partial charge in [0.25, 0.3) is 0 Å². The van der Waals surface area contributed by atoms with Gasteiger partial charge in [0, 0.05) is 21.3 Å². The molecule has 4 N–H and O–H groups in total. The van der Waals surface area contributed by atoms with Gasteiger partial charge in [-0.1, -0.05) is 36.8 Å². The summed E-state index contributed by atoms with van der Waals surface area (Å²) in [5.74, 6) is 0. The van der Waals surface area contributed by atoms with Gasteiger partial charge in [0.05, 0.1) is 5.54 Å². The smallest absolute Gasteiger partial charge is 0.377 e. The van der Waals surface area contributed by atoms with E-state index in [9.17, 15) is 0 Å². The van der Waals surface area contributed by atoms with E-state index < -0.39 is 8.80 Å². The zero-order valence-electron chi connectivity index (χ0n) is 13.2. The molecular formula is C15H27N2O3Si. The fraction of sp³-hybridized carbons (Fsp3) is 0.533. The third-order valence-corrected chi connectivity index (χ3v) is 6.92. The minimum atomic E-state index is -2.83. The van der Waals surface area contributed by atoms with Gasteiger partial charge in [0.2, 0.25) is 0 Å². The fourth-order valence-corrected chi connectivity index (χ4v) is 4.87. The first-order valence-corrected chi connectivity index (χ1v) is 8.97. The summed E-state index contributed by atoms with van der Waals surface area (Å²) in [4.78, 5) is 0. The maximum atomic E-state index is 5.83. The summed E-state index contributed by atoms with van der Waals surface area (Å²) in [6.07, 6.45) is 4.22. The summed E-state index contributed by atoms with van der Waals surface area (Å²) in [5, 5.41) is 0. The minimum absolute atomic E-state index is 0.173. The number of hydrogen-bond acceptors (Lipinski definition) is 5. The first-order chi connectivity index (χ1) is 10.1. The molecule has 0 aliphatic rings. The Labute approximate surface area is 128 Å². The van der Waals surface area contributed by atoms with Crippen molar-refractivity contribution in [2.45, 2.75) is 31.2 Å². The Bertz CT molecular complexity index is 378. The van der Waals surface area contributed by atoms with Gasteiger partial charge in [-0.25, -0.2) is 0 Å². The van der Waals surface area contributed by atoms with E-state index in [1.165, 1.54) is 5.56 Å². The minimum Gasteiger partial charge on any atom is -0.377 e. The number of rotatable bonds is 10. The lowest BCUT2D eigenvalue weighted by Crippen LogP contribution is -2.52. The van der Waals surface area contributed by atoms with E-state index >= 15 is 0 Å². The van der Waals surface area contributed by atoms with Gasteiger partial charge < -0.3 is 24.7 Å². The first-order valence-electron chi connectivity index (χ1n) is 7.16. The summed E-state index contributed by atoms with van der Waals surface area (Å²) in [6.45, 7) is 0. The van der Waals surface area contributed by atoms with Gasteiger partial charge in [-0.2, -0.15) is 0 Å². The molecule has 0 aliphatic heterocycles. The predicted octanol–water partition coefficient (Wildman–Crippen LogP) is 2.05. The van der Waals surface area contributed by atoms with Gasteiger partial charge in [0.1, 0.15) is 6.17 Å². The van der Waals surface area contributed by atoms with Crippen LogP contribution in [0.3, 0.4) is 0 Å². The largest absolute Gasteiger partial charge is 0.506 e. The van der Waals surface area contributed by atoms with Crippen LogP contribution < -0.4 is 11.5 Å². The highest BCUT2D eigenvalue weighted by atomic mass is 28.4. The van der Waals surface area contributed by atoms with Crippen molar-refractivity contribution in [3.8, 4) is 0 Å². The molecule has 0 fully saturated rings. The number of aryl methyl sites for hydroxylation is 1. The first kappa shape index (κ1) is 18.3. The number of benzene rings is 1. The quantitative estimate of drug-likeness (QED) is 0.511. The molecule has 1 aromatic carbocycles. The van der Waals surface area contributed by atoms with Crippen molar-refractivity contribution in [1.29, 1.82) is 0 Å². The molecule has 0 amide bonds. The zero-order chi connectivity index (χ0) is 15.7. The van der Waals surface area contributed by atoms with Gasteiger partial charge >= 0.3 is 8.80 Å². The summed E-state index contributed by atoms with van der Waals surface area (Å²) < 4.78 is 16.5. The van der Waals surface area contributed by atoms with E-state index in [-0.39, 0.29) is 5.54 Å². The second kappa shape index (κ2) is 9.29. The van der Waals surface area contributed by atoms with Crippen molar-refractivity contribution in [2.24, 2.45) is 11.5 Å². The van der Waals surface area contributed by atoms with Crippen molar-refractivity contribution < 1.29 is 13.3 Å². The van der Waals surface area contributed by atoms with E-state index in [0.29, 0.717) is 6.17 Å². The Morgan fingerprint density at radius 2 is 1.57 bits per heavy atom. The Balaban J connectivity index is 2.52. The lowest BCUT2D eigenvalue weighted by molar-refractivity contribution is 0.110. The molecule has 0 saturated carbocycles. The molecule has 6 heteroatoms. The molecular weight excluding hydrogens is 284 g/mol. The monoisotopic (exact) mass is 311 g/mol. The fourth-order valence-electron chi connectivity index (χ4n) is 2.55. The van der Waals surface area contributed by atoms with Crippen LogP contribution in [0.5, 0.6) is 0 Å². The van der Waals surface area contributed by atoms with Crippen LogP contribution in [0.4, 0.5) is 0 Å². The van der Waals surface area contributed by atoms with Crippen LogP contribution in [-0.2, 0) is 19.7 Å². The standard InChI is InChI=1S/C15H27N2O3Si/c1-18-21(19-2,20-3)14(15(16)17)12-8-7-11-13-9-5-4-6-10-13/h4-6,9-10,14H,7-8,11-12,16-17H2,1-3H3. The normalized spacial score (nSPS) is 13.6. The lowest BCUT2D eigenvalue weighted by Gasteiger charge is -2.33. The molecule has 5 nitrogen and oxygen atoms in total. The molecule has 0 heterocycles. The molecule has 1 radical (unpaired) electrons. The van der Waals surface area contributed by atoms with Crippen molar-refractivity contribution in [1.82, 2.24) is 0 Å². The lowest BCUT2D eigenvalue weighted by atomic mass is 10.1. The molecule has 1 aromatic rings. The van der Waals surface area contributed by atoms with Crippen molar-refractivity contribution in [2.75, 3.05) is 21.3 Å². The summed E-state index contributed by atoms with van der Waals surface area (Å²) in [6, 6.07) is 10.4. The van der Waals surface area contributed by atoms with E-state index in [1.807, 2.05) is 6.07 Å². The van der Waals surface area contributed by atoms with Crippen molar-refractivity contribution in [3.63, 3.8) is 0 Å². The van der Waals surface area contributed by atoms with Crippen LogP contribution in [0.2, 0.25) is 5.54 Å². The highest BCUT2D eigenvalue weighted by molar-refractivity contribution is 6.62. The second-order valence-electron chi connectivity index (χ2n) is 5.00. The van der Waals surface area contributed by atoms with Crippen LogP contribution in [0.25, 0.3) is 0 Å². The average molecular weight is 311 g/mol. The maximum absolute atomic E-state index is 5.83. The Morgan fingerprint density at radius 3 is 2.05 bits per heavy atom. The van der Waals surface area contributed by atoms with Crippen molar-refractivity contribution >= 4 is 8.80 Å². The van der Waals surface area contributed by atoms with Crippen LogP contribution in [0.15, 0.2) is 30.3 Å². The van der Waals surface area contributed by atoms with Gasteiger partial charge in [-0.3, -0.25) is 0 Å². The molecule has 0 aromatic heterocycles. The molecule has 0 bridgehead atoms. The topological polar surface area (TPSA) is 79.7 Å². The highest BCUT2D eigenvalue weighted by Gasteiger charge is 2.49. The van der Waals surface area contributed by atoms with Crippen LogP contribution in [0, 0.1) is 6.17 Å². The molecule has 21 heavy (non-hydrogen) atoms. The van der Waals surface area contributed by atoms with Crippen LogP contribution >= 0.6 is 0 Å². The second-order valence-corrected chi connectivity index (χ2v) is 8.13. The third kappa shape index (κ3) is 5.17. The predicted molar refractivity (Wildman–Crippen MR) is 86.1 cm³/mol. The maximum Gasteiger partial charge on any atom is 0.506 e. The van der Waals surface area contributed by atoms with Crippen LogP contribution in [-0.4, -0.2) is 30.1 Å². The summed E-state index contributed by atoms with van der Waals surface area (Å²) in [7, 11) is 1.92. The van der Waals surface area contributed by atoms with Gasteiger partial charge in [-0.15, -0.1) is 0 Å². The average Bonchev–Trinajstić information content (AvgIpc) is 2.52. The van der Waals surface area contributed by atoms with Crippen LogP contribution in [0.1, 0.15) is 24.8 Å². The Morgan fingerprint density at radius 1 is 1.00 bits per heavy atom. The number of unbranched alkanes of at least 4 members (excludes halogenated alkanes) is 1. The molecule has 0 saturated heterocycles. The van der Waals surface area contributed by atoms with Crippen molar-refractivity contribution in [3.05, 3.63) is 42.1 Å². The molecule has 1 rings (SSSR count). The molecule has 119 valence electrons. The highest BCUT2D eigenvalue weighted by Crippen LogP contribution is 2.33. The SMILES string of the molecule is CO[Si](OC)(OC)C(CCCCc1ccccc1)[C](N)N. The molecule has 0 aliphatic carbocycles. The summed E-state index contributed by atoms with van der Waals surface area (Å²) in [5.41, 5.74) is 12.8.